The Kier molecular flexibility index (Phi) is 8.10. The first kappa shape index (κ1) is 15.4. The third-order valence-corrected chi connectivity index (χ3v) is 1.31. The average molecular weight is 204 g/mol. The second-order valence-corrected chi connectivity index (χ2v) is 3.67. The van der Waals surface area contributed by atoms with Crippen molar-refractivity contribution in [3.05, 3.63) is 0 Å². The van der Waals surface area contributed by atoms with Crippen molar-refractivity contribution in [2.75, 3.05) is 14.2 Å². The molecule has 0 unspecified atom stereocenters. The van der Waals surface area contributed by atoms with E-state index in [4.69, 9.17) is 0 Å². The summed E-state index contributed by atoms with van der Waals surface area (Å²) >= 11 is 0. The molecule has 0 fully saturated rings. The van der Waals surface area contributed by atoms with Gasteiger partial charge in [-0.05, 0) is 20.8 Å². The molecule has 0 aliphatic heterocycles. The van der Waals surface area contributed by atoms with E-state index < -0.39 is 0 Å². The summed E-state index contributed by atoms with van der Waals surface area (Å²) < 4.78 is 8.74. The number of hydrogen-bond donors (Lipinski definition) is 0. The molecule has 0 N–H and O–H groups in total. The van der Waals surface area contributed by atoms with Gasteiger partial charge in [-0.1, -0.05) is 6.92 Å². The Bertz CT molecular complexity index is 173. The zero-order chi connectivity index (χ0) is 11.8. The number of methoxy groups -OCH3 is 2. The van der Waals surface area contributed by atoms with Gasteiger partial charge in [-0.25, -0.2) is 0 Å². The van der Waals surface area contributed by atoms with Crippen LogP contribution in [0, 0.1) is 5.41 Å². The Labute approximate surface area is 85.6 Å². The standard InChI is InChI=1S/C6H12O2.C4H8O2/c1-6(2,3)5(7)8-4;1-3-4(5)6-2/h1-4H3;3H2,1-2H3. The van der Waals surface area contributed by atoms with E-state index in [-0.39, 0.29) is 17.4 Å². The Morgan fingerprint density at radius 1 is 1.07 bits per heavy atom. The van der Waals surface area contributed by atoms with Gasteiger partial charge < -0.3 is 9.47 Å². The summed E-state index contributed by atoms with van der Waals surface area (Å²) in [4.78, 5) is 20.6. The first-order valence-corrected chi connectivity index (χ1v) is 4.44. The molecule has 0 radical (unpaired) electrons. The highest BCUT2D eigenvalue weighted by Crippen LogP contribution is 2.13. The van der Waals surface area contributed by atoms with Gasteiger partial charge in [0.05, 0.1) is 19.6 Å². The molecule has 4 nitrogen and oxygen atoms in total. The molecule has 14 heavy (non-hydrogen) atoms. The van der Waals surface area contributed by atoms with E-state index in [9.17, 15) is 9.59 Å². The lowest BCUT2D eigenvalue weighted by molar-refractivity contribution is -0.149. The molecule has 84 valence electrons. The summed E-state index contributed by atoms with van der Waals surface area (Å²) in [6.45, 7) is 7.21. The van der Waals surface area contributed by atoms with Crippen molar-refractivity contribution in [1.82, 2.24) is 0 Å². The van der Waals surface area contributed by atoms with Crippen LogP contribution in [-0.2, 0) is 19.1 Å². The molecule has 4 heteroatoms. The average Bonchev–Trinajstić information content (AvgIpc) is 2.14. The van der Waals surface area contributed by atoms with Gasteiger partial charge in [-0.3, -0.25) is 9.59 Å². The summed E-state index contributed by atoms with van der Waals surface area (Å²) in [5, 5.41) is 0. The fourth-order valence-electron chi connectivity index (χ4n) is 0.451. The van der Waals surface area contributed by atoms with Crippen LogP contribution in [-0.4, -0.2) is 26.2 Å². The van der Waals surface area contributed by atoms with Crippen LogP contribution in [0.15, 0.2) is 0 Å². The smallest absolute Gasteiger partial charge is 0.310 e. The quantitative estimate of drug-likeness (QED) is 0.611. The molecule has 0 aromatic heterocycles. The summed E-state index contributed by atoms with van der Waals surface area (Å²) in [6.07, 6.45) is 0.469. The summed E-state index contributed by atoms with van der Waals surface area (Å²) in [5.74, 6) is -0.326. The van der Waals surface area contributed by atoms with E-state index in [1.807, 2.05) is 20.8 Å². The number of carbonyl (C=O) groups excluding carboxylic acids is 2. The van der Waals surface area contributed by atoms with E-state index in [1.165, 1.54) is 14.2 Å². The minimum atomic E-state index is -0.352. The van der Waals surface area contributed by atoms with Gasteiger partial charge in [0, 0.05) is 6.42 Å². The molecule has 0 atom stereocenters. The van der Waals surface area contributed by atoms with Crippen LogP contribution < -0.4 is 0 Å². The van der Waals surface area contributed by atoms with Gasteiger partial charge >= 0.3 is 11.9 Å². The van der Waals surface area contributed by atoms with E-state index in [1.54, 1.807) is 6.92 Å². The molecule has 0 aliphatic carbocycles. The lowest BCUT2D eigenvalue weighted by Crippen LogP contribution is -2.21. The summed E-state index contributed by atoms with van der Waals surface area (Å²) in [7, 11) is 2.78. The van der Waals surface area contributed by atoms with Crippen LogP contribution in [0.3, 0.4) is 0 Å². The third kappa shape index (κ3) is 9.03. The van der Waals surface area contributed by atoms with Crippen molar-refractivity contribution in [1.29, 1.82) is 0 Å². The van der Waals surface area contributed by atoms with E-state index in [0.717, 1.165) is 0 Å². The minimum absolute atomic E-state index is 0.157. The maximum absolute atomic E-state index is 10.6. The van der Waals surface area contributed by atoms with Crippen molar-refractivity contribution in [3.8, 4) is 0 Å². The molecule has 0 aromatic rings. The second kappa shape index (κ2) is 7.35. The molecule has 0 aliphatic rings. The fourth-order valence-corrected chi connectivity index (χ4v) is 0.451. The first-order chi connectivity index (χ1) is 6.29. The van der Waals surface area contributed by atoms with Crippen LogP contribution in [0.5, 0.6) is 0 Å². The van der Waals surface area contributed by atoms with Gasteiger partial charge in [-0.15, -0.1) is 0 Å². The highest BCUT2D eigenvalue weighted by Gasteiger charge is 2.21. The largest absolute Gasteiger partial charge is 0.469 e. The first-order valence-electron chi connectivity index (χ1n) is 4.44. The predicted molar refractivity (Wildman–Crippen MR) is 53.8 cm³/mol. The molecule has 0 saturated carbocycles. The number of carbonyl (C=O) groups is 2. The molecule has 0 bridgehead atoms. The number of ether oxygens (including phenoxy) is 2. The van der Waals surface area contributed by atoms with E-state index in [0.29, 0.717) is 6.42 Å². The molecule has 0 heterocycles. The lowest BCUT2D eigenvalue weighted by atomic mass is 9.98. The summed E-state index contributed by atoms with van der Waals surface area (Å²) in [6, 6.07) is 0. The maximum Gasteiger partial charge on any atom is 0.310 e. The van der Waals surface area contributed by atoms with Gasteiger partial charge in [-0.2, -0.15) is 0 Å². The van der Waals surface area contributed by atoms with E-state index >= 15 is 0 Å². The van der Waals surface area contributed by atoms with Crippen molar-refractivity contribution in [2.45, 2.75) is 34.1 Å². The molecule has 0 saturated heterocycles. The topological polar surface area (TPSA) is 52.6 Å². The second-order valence-electron chi connectivity index (χ2n) is 3.67. The monoisotopic (exact) mass is 204 g/mol. The molecule has 0 spiro atoms. The van der Waals surface area contributed by atoms with Gasteiger partial charge in [0.2, 0.25) is 0 Å². The number of hydrogen-bond acceptors (Lipinski definition) is 4. The Hall–Kier alpha value is -1.06. The predicted octanol–water partition coefficient (Wildman–Crippen LogP) is 1.77. The van der Waals surface area contributed by atoms with Crippen molar-refractivity contribution in [3.63, 3.8) is 0 Å². The normalized spacial score (nSPS) is 9.57. The zero-order valence-corrected chi connectivity index (χ0v) is 9.84. The van der Waals surface area contributed by atoms with Gasteiger partial charge in [0.15, 0.2) is 0 Å². The Balaban J connectivity index is 0. The fraction of sp³-hybridized carbons (Fsp3) is 0.800. The molecular weight excluding hydrogens is 184 g/mol. The Morgan fingerprint density at radius 3 is 1.50 bits per heavy atom. The molecule has 0 rings (SSSR count). The lowest BCUT2D eigenvalue weighted by Gasteiger charge is -2.13. The van der Waals surface area contributed by atoms with Crippen LogP contribution in [0.2, 0.25) is 0 Å². The minimum Gasteiger partial charge on any atom is -0.469 e. The summed E-state index contributed by atoms with van der Waals surface area (Å²) in [5.41, 5.74) is -0.352. The van der Waals surface area contributed by atoms with E-state index in [2.05, 4.69) is 9.47 Å². The molecule has 0 amide bonds. The SMILES string of the molecule is CCC(=O)OC.COC(=O)C(C)(C)C. The van der Waals surface area contributed by atoms with Crippen LogP contribution in [0.25, 0.3) is 0 Å². The Morgan fingerprint density at radius 2 is 1.50 bits per heavy atom. The van der Waals surface area contributed by atoms with Gasteiger partial charge in [0.25, 0.3) is 0 Å². The number of rotatable bonds is 1. The number of esters is 2. The van der Waals surface area contributed by atoms with Crippen molar-refractivity contribution >= 4 is 11.9 Å². The van der Waals surface area contributed by atoms with Crippen LogP contribution >= 0.6 is 0 Å². The highest BCUT2D eigenvalue weighted by molar-refractivity contribution is 5.75. The van der Waals surface area contributed by atoms with Crippen LogP contribution in [0.1, 0.15) is 34.1 Å². The van der Waals surface area contributed by atoms with Gasteiger partial charge in [0.1, 0.15) is 0 Å². The zero-order valence-electron chi connectivity index (χ0n) is 9.84. The highest BCUT2D eigenvalue weighted by atomic mass is 16.5. The maximum atomic E-state index is 10.6. The van der Waals surface area contributed by atoms with Crippen molar-refractivity contribution in [2.24, 2.45) is 5.41 Å². The molecule has 0 aromatic carbocycles. The molecular formula is C10H20O4. The van der Waals surface area contributed by atoms with Crippen molar-refractivity contribution < 1.29 is 19.1 Å². The van der Waals surface area contributed by atoms with Crippen LogP contribution in [0.4, 0.5) is 0 Å². The third-order valence-electron chi connectivity index (χ3n) is 1.31.